The minimum absolute atomic E-state index is 0.0439. The predicted molar refractivity (Wildman–Crippen MR) is 129 cm³/mol. The summed E-state index contributed by atoms with van der Waals surface area (Å²) in [6.07, 6.45) is 4.65. The van der Waals surface area contributed by atoms with Crippen molar-refractivity contribution >= 4 is 28.8 Å². The van der Waals surface area contributed by atoms with Gasteiger partial charge in [-0.15, -0.1) is 0 Å². The van der Waals surface area contributed by atoms with Crippen molar-refractivity contribution in [3.05, 3.63) is 124 Å². The molecule has 34 heavy (non-hydrogen) atoms. The number of carbonyl (C=O) groups excluding carboxylic acids is 2. The van der Waals surface area contributed by atoms with Crippen LogP contribution in [0.15, 0.2) is 103 Å². The Morgan fingerprint density at radius 3 is 2.18 bits per heavy atom. The second-order valence-electron chi connectivity index (χ2n) is 7.71. The Morgan fingerprint density at radius 1 is 0.971 bits per heavy atom. The number of nitro groups is 1. The van der Waals surface area contributed by atoms with Crippen molar-refractivity contribution in [2.24, 2.45) is 5.92 Å². The zero-order valence-electron chi connectivity index (χ0n) is 18.4. The Labute approximate surface area is 196 Å². The number of carbonyl (C=O) groups is 2. The summed E-state index contributed by atoms with van der Waals surface area (Å²) in [5.74, 6) is -1.17. The van der Waals surface area contributed by atoms with Gasteiger partial charge in [0.15, 0.2) is 0 Å². The van der Waals surface area contributed by atoms with Crippen molar-refractivity contribution in [1.82, 2.24) is 0 Å². The Bertz CT molecular complexity index is 1250. The van der Waals surface area contributed by atoms with E-state index in [1.165, 1.54) is 25.3 Å². The van der Waals surface area contributed by atoms with Crippen molar-refractivity contribution in [3.8, 4) is 0 Å². The van der Waals surface area contributed by atoms with Gasteiger partial charge in [0.2, 0.25) is 0 Å². The minimum Gasteiger partial charge on any atom is -0.466 e. The first kappa shape index (κ1) is 22.7. The fraction of sp³-hybridized carbons (Fsp3) is 0.111. The van der Waals surface area contributed by atoms with Crippen LogP contribution in [0.1, 0.15) is 17.2 Å². The number of esters is 1. The van der Waals surface area contributed by atoms with Gasteiger partial charge in [0.25, 0.3) is 11.6 Å². The highest BCUT2D eigenvalue weighted by atomic mass is 16.6. The molecule has 0 saturated heterocycles. The number of hydrogen-bond donors (Lipinski definition) is 0. The Hall–Kier alpha value is -4.52. The lowest BCUT2D eigenvalue weighted by atomic mass is 9.79. The molecule has 3 aromatic carbocycles. The van der Waals surface area contributed by atoms with E-state index in [4.69, 9.17) is 4.74 Å². The van der Waals surface area contributed by atoms with Crippen LogP contribution in [0.2, 0.25) is 0 Å². The van der Waals surface area contributed by atoms with Gasteiger partial charge in [0.1, 0.15) is 0 Å². The van der Waals surface area contributed by atoms with E-state index in [-0.39, 0.29) is 11.6 Å². The number of benzene rings is 3. The average Bonchev–Trinajstić information content (AvgIpc) is 2.88. The number of non-ortho nitro benzene ring substituents is 1. The van der Waals surface area contributed by atoms with E-state index < -0.39 is 22.9 Å². The van der Waals surface area contributed by atoms with Crippen molar-refractivity contribution in [2.75, 3.05) is 12.0 Å². The van der Waals surface area contributed by atoms with Crippen LogP contribution >= 0.6 is 0 Å². The summed E-state index contributed by atoms with van der Waals surface area (Å²) in [7, 11) is 1.30. The van der Waals surface area contributed by atoms with E-state index in [9.17, 15) is 19.7 Å². The van der Waals surface area contributed by atoms with E-state index in [1.807, 2.05) is 60.7 Å². The number of nitro benzene ring substituents is 1. The van der Waals surface area contributed by atoms with Crippen LogP contribution in [-0.4, -0.2) is 23.9 Å². The molecular weight excluding hydrogens is 432 g/mol. The maximum absolute atomic E-state index is 13.5. The Balaban J connectivity index is 1.93. The van der Waals surface area contributed by atoms with Gasteiger partial charge in [0, 0.05) is 35.9 Å². The Kier molecular flexibility index (Phi) is 6.64. The fourth-order valence-corrected chi connectivity index (χ4v) is 4.16. The molecule has 3 aromatic rings. The summed E-state index contributed by atoms with van der Waals surface area (Å²) >= 11 is 0. The van der Waals surface area contributed by atoms with Crippen molar-refractivity contribution < 1.29 is 19.2 Å². The van der Waals surface area contributed by atoms with E-state index in [0.717, 1.165) is 11.1 Å². The summed E-state index contributed by atoms with van der Waals surface area (Å²) < 4.78 is 4.80. The summed E-state index contributed by atoms with van der Waals surface area (Å²) in [5.41, 5.74) is 2.91. The van der Waals surface area contributed by atoms with Crippen molar-refractivity contribution in [1.29, 1.82) is 0 Å². The second-order valence-corrected chi connectivity index (χ2v) is 7.71. The van der Waals surface area contributed by atoms with Gasteiger partial charge in [-0.1, -0.05) is 66.7 Å². The molecule has 1 heterocycles. The molecule has 0 aliphatic carbocycles. The van der Waals surface area contributed by atoms with Gasteiger partial charge in [-0.25, -0.2) is 4.79 Å². The third-order valence-electron chi connectivity index (χ3n) is 5.72. The first-order valence-corrected chi connectivity index (χ1v) is 10.7. The zero-order valence-corrected chi connectivity index (χ0v) is 18.4. The molecular formula is C27H22N2O5. The summed E-state index contributed by atoms with van der Waals surface area (Å²) in [6, 6.07) is 24.2. The van der Waals surface area contributed by atoms with Crippen LogP contribution in [0.3, 0.4) is 0 Å². The third kappa shape index (κ3) is 4.63. The number of methoxy groups -OCH3 is 1. The first-order valence-electron chi connectivity index (χ1n) is 10.7. The van der Waals surface area contributed by atoms with Crippen LogP contribution < -0.4 is 4.90 Å². The largest absolute Gasteiger partial charge is 0.466 e. The molecule has 1 amide bonds. The highest BCUT2D eigenvalue weighted by molar-refractivity contribution is 6.09. The smallest absolute Gasteiger partial charge is 0.330 e. The zero-order chi connectivity index (χ0) is 24.1. The highest BCUT2D eigenvalue weighted by Gasteiger charge is 2.38. The van der Waals surface area contributed by atoms with Crippen molar-refractivity contribution in [2.45, 2.75) is 6.04 Å². The molecule has 7 nitrogen and oxygen atoms in total. The summed E-state index contributed by atoms with van der Waals surface area (Å²) in [6.45, 7) is 0. The lowest BCUT2D eigenvalue weighted by Crippen LogP contribution is -2.41. The summed E-state index contributed by atoms with van der Waals surface area (Å²) in [4.78, 5) is 37.9. The SMILES string of the molecule is COC(=O)/C=C\[C@@H]1C(c2ccccc2)=CC(=O)N(c2ccccc2)[C@H]1c1ccc([N+](=O)[O-])cc1. The third-order valence-corrected chi connectivity index (χ3v) is 5.72. The van der Waals surface area contributed by atoms with Gasteiger partial charge in [-0.05, 0) is 28.8 Å². The van der Waals surface area contributed by atoms with Gasteiger partial charge in [-0.2, -0.15) is 0 Å². The number of hydrogen-bond acceptors (Lipinski definition) is 5. The molecule has 1 aliphatic rings. The molecule has 170 valence electrons. The monoisotopic (exact) mass is 454 g/mol. The van der Waals surface area contributed by atoms with E-state index in [1.54, 1.807) is 29.2 Å². The van der Waals surface area contributed by atoms with E-state index >= 15 is 0 Å². The molecule has 4 rings (SSSR count). The van der Waals surface area contributed by atoms with Crippen LogP contribution in [-0.2, 0) is 14.3 Å². The maximum atomic E-state index is 13.5. The molecule has 0 N–H and O–H groups in total. The second kappa shape index (κ2) is 9.95. The molecule has 0 spiro atoms. The van der Waals surface area contributed by atoms with Crippen LogP contribution in [0, 0.1) is 16.0 Å². The lowest BCUT2D eigenvalue weighted by molar-refractivity contribution is -0.384. The maximum Gasteiger partial charge on any atom is 0.330 e. The highest BCUT2D eigenvalue weighted by Crippen LogP contribution is 2.44. The number of nitrogens with zero attached hydrogens (tertiary/aromatic N) is 2. The van der Waals surface area contributed by atoms with Gasteiger partial charge in [0.05, 0.1) is 18.1 Å². The van der Waals surface area contributed by atoms with Crippen LogP contribution in [0.4, 0.5) is 11.4 Å². The standard InChI is InChI=1S/C27H22N2O5/c1-34-26(31)17-16-23-24(19-8-4-2-5-9-19)18-25(30)28(21-10-6-3-7-11-21)27(23)20-12-14-22(15-13-20)29(32)33/h2-18,23,27H,1H3/b17-16-/t23-,27+/m1/s1. The number of anilines is 1. The molecule has 0 saturated carbocycles. The fourth-order valence-electron chi connectivity index (χ4n) is 4.16. The number of amides is 1. The minimum atomic E-state index is -0.559. The number of ether oxygens (including phenoxy) is 1. The van der Waals surface area contributed by atoms with Gasteiger partial charge in [-0.3, -0.25) is 14.9 Å². The number of para-hydroxylation sites is 1. The molecule has 0 unspecified atom stereocenters. The lowest BCUT2D eigenvalue weighted by Gasteiger charge is -2.40. The normalized spacial score (nSPS) is 18.0. The van der Waals surface area contributed by atoms with E-state index in [2.05, 4.69) is 0 Å². The molecule has 7 heteroatoms. The molecule has 1 aliphatic heterocycles. The average molecular weight is 454 g/mol. The molecule has 2 atom stereocenters. The first-order chi connectivity index (χ1) is 16.5. The predicted octanol–water partition coefficient (Wildman–Crippen LogP) is 5.11. The van der Waals surface area contributed by atoms with Crippen LogP contribution in [0.25, 0.3) is 5.57 Å². The molecule has 0 radical (unpaired) electrons. The van der Waals surface area contributed by atoms with Gasteiger partial charge >= 0.3 is 5.97 Å². The van der Waals surface area contributed by atoms with Gasteiger partial charge < -0.3 is 9.64 Å². The summed E-state index contributed by atoms with van der Waals surface area (Å²) in [5, 5.41) is 11.2. The molecule has 0 bridgehead atoms. The molecule has 0 aromatic heterocycles. The topological polar surface area (TPSA) is 89.8 Å². The molecule has 0 fully saturated rings. The quantitative estimate of drug-likeness (QED) is 0.223. The van der Waals surface area contributed by atoms with Crippen LogP contribution in [0.5, 0.6) is 0 Å². The van der Waals surface area contributed by atoms with E-state index in [0.29, 0.717) is 11.3 Å². The Morgan fingerprint density at radius 2 is 1.59 bits per heavy atom. The number of rotatable bonds is 6. The van der Waals surface area contributed by atoms with Crippen molar-refractivity contribution in [3.63, 3.8) is 0 Å².